The zero-order valence-electron chi connectivity index (χ0n) is 37.8. The number of carbonyl (C=O) groups is 2. The average Bonchev–Trinajstić information content (AvgIpc) is 3.23. The molecule has 6 nitrogen and oxygen atoms in total. The highest BCUT2D eigenvalue weighted by Crippen LogP contribution is 2.16. The average molecular weight is 818 g/mol. The van der Waals surface area contributed by atoms with Crippen LogP contribution in [0.1, 0.15) is 188 Å². The molecule has 0 rings (SSSR count). The number of carbonyl (C=O) groups excluding carboxylic acids is 2. The molecule has 0 radical (unpaired) electrons. The Labute approximate surface area is 362 Å². The van der Waals surface area contributed by atoms with Crippen LogP contribution in [-0.4, -0.2) is 46.9 Å². The van der Waals surface area contributed by atoms with Gasteiger partial charge in [-0.1, -0.05) is 201 Å². The summed E-state index contributed by atoms with van der Waals surface area (Å²) in [5.41, 5.74) is 0. The van der Waals surface area contributed by atoms with Gasteiger partial charge in [0.1, 0.15) is 6.10 Å². The fraction of sp³-hybridized carbons (Fsp3) is 0.623. The highest BCUT2D eigenvalue weighted by atomic mass is 16.5. The molecule has 0 aliphatic carbocycles. The van der Waals surface area contributed by atoms with Crippen LogP contribution in [0.4, 0.5) is 0 Å². The zero-order chi connectivity index (χ0) is 43.1. The van der Waals surface area contributed by atoms with Gasteiger partial charge in [0.25, 0.3) is 0 Å². The molecule has 0 aromatic heterocycles. The Bertz CT molecular complexity index is 1240. The predicted octanol–water partition coefficient (Wildman–Crippen LogP) is 13.9. The second-order valence-electron chi connectivity index (χ2n) is 15.5. The standard InChI is InChI=1S/C53H87NO5/c1-4-7-10-13-16-19-22-24-25-26-27-29-30-32-35-38-41-44-49(59-53(58)46-43-40-37-34-31-28-23-20-17-14-11-8-5-2)47-52(57)54-50(48-55)51(56)45-42-39-36-33-21-18-15-12-9-6-3/h7-8,10-11,14,16-17,19-20,23-25,27-29,31-32,35,49-51,55-56H,4-6,9,12-13,15,18,21-22,26,30,33-34,36-48H2,1-3H3,(H,54,57)/b10-7-,11-8+,17-14+,19-16-,23-20-,25-24-,29-27-,31-28-,35-32-. The van der Waals surface area contributed by atoms with Crippen molar-refractivity contribution in [2.75, 3.05) is 6.61 Å². The van der Waals surface area contributed by atoms with Crippen LogP contribution in [-0.2, 0) is 14.3 Å². The van der Waals surface area contributed by atoms with Crippen molar-refractivity contribution < 1.29 is 24.5 Å². The van der Waals surface area contributed by atoms with E-state index < -0.39 is 18.2 Å². The van der Waals surface area contributed by atoms with Crippen molar-refractivity contribution in [3.63, 3.8) is 0 Å². The van der Waals surface area contributed by atoms with Gasteiger partial charge in [-0.3, -0.25) is 9.59 Å². The predicted molar refractivity (Wildman–Crippen MR) is 254 cm³/mol. The monoisotopic (exact) mass is 818 g/mol. The van der Waals surface area contributed by atoms with Gasteiger partial charge in [-0.2, -0.15) is 0 Å². The Kier molecular flexibility index (Phi) is 42.9. The van der Waals surface area contributed by atoms with E-state index in [1.54, 1.807) is 0 Å². The molecule has 0 saturated heterocycles. The summed E-state index contributed by atoms with van der Waals surface area (Å²) in [7, 11) is 0. The van der Waals surface area contributed by atoms with E-state index in [-0.39, 0.29) is 24.9 Å². The minimum atomic E-state index is -0.815. The molecular formula is C53H87NO5. The maximum Gasteiger partial charge on any atom is 0.306 e. The number of hydrogen-bond acceptors (Lipinski definition) is 5. The minimum Gasteiger partial charge on any atom is -0.462 e. The Hall–Kier alpha value is -3.48. The lowest BCUT2D eigenvalue weighted by Crippen LogP contribution is -2.46. The topological polar surface area (TPSA) is 95.9 Å². The van der Waals surface area contributed by atoms with E-state index in [1.807, 2.05) is 30.4 Å². The molecule has 0 spiro atoms. The molecule has 0 bridgehead atoms. The molecule has 0 fully saturated rings. The lowest BCUT2D eigenvalue weighted by atomic mass is 10.0. The van der Waals surface area contributed by atoms with E-state index in [0.29, 0.717) is 19.3 Å². The van der Waals surface area contributed by atoms with Crippen LogP contribution >= 0.6 is 0 Å². The van der Waals surface area contributed by atoms with Gasteiger partial charge < -0.3 is 20.3 Å². The van der Waals surface area contributed by atoms with Crippen LogP contribution in [0.25, 0.3) is 0 Å². The Morgan fingerprint density at radius 1 is 0.525 bits per heavy atom. The van der Waals surface area contributed by atoms with E-state index >= 15 is 0 Å². The van der Waals surface area contributed by atoms with Crippen molar-refractivity contribution in [2.45, 2.75) is 206 Å². The number of hydrogen-bond donors (Lipinski definition) is 3. The van der Waals surface area contributed by atoms with Crippen LogP contribution in [0.3, 0.4) is 0 Å². The van der Waals surface area contributed by atoms with Crippen molar-refractivity contribution in [2.24, 2.45) is 0 Å². The first kappa shape index (κ1) is 55.5. The van der Waals surface area contributed by atoms with Gasteiger partial charge in [0, 0.05) is 6.42 Å². The summed E-state index contributed by atoms with van der Waals surface area (Å²) in [6.45, 7) is 6.16. The fourth-order valence-electron chi connectivity index (χ4n) is 6.41. The molecule has 0 aliphatic rings. The number of amides is 1. The SMILES string of the molecule is CC/C=C\C/C=C\C/C=C\C/C=C\C/C=C\CCCC(CC(=O)NC(CO)C(O)CCCCCCCCCCCC)OC(=O)CCCCC\C=C/C=C\C=C\C=C\CC. The van der Waals surface area contributed by atoms with Gasteiger partial charge in [0.2, 0.25) is 5.91 Å². The smallest absolute Gasteiger partial charge is 0.306 e. The molecule has 0 aromatic carbocycles. The van der Waals surface area contributed by atoms with Gasteiger partial charge in [-0.25, -0.2) is 0 Å². The van der Waals surface area contributed by atoms with E-state index in [2.05, 4.69) is 105 Å². The highest BCUT2D eigenvalue weighted by Gasteiger charge is 2.24. The lowest BCUT2D eigenvalue weighted by Gasteiger charge is -2.24. The third-order valence-electron chi connectivity index (χ3n) is 9.94. The molecule has 3 N–H and O–H groups in total. The molecule has 0 saturated carbocycles. The Morgan fingerprint density at radius 3 is 1.59 bits per heavy atom. The Morgan fingerprint density at radius 2 is 1.02 bits per heavy atom. The third-order valence-corrected chi connectivity index (χ3v) is 9.94. The lowest BCUT2D eigenvalue weighted by molar-refractivity contribution is -0.151. The summed E-state index contributed by atoms with van der Waals surface area (Å²) in [5.74, 6) is -0.590. The summed E-state index contributed by atoms with van der Waals surface area (Å²) >= 11 is 0. The summed E-state index contributed by atoms with van der Waals surface area (Å²) in [6, 6.07) is -0.734. The minimum absolute atomic E-state index is 0.0152. The Balaban J connectivity index is 4.82. The van der Waals surface area contributed by atoms with E-state index in [1.165, 1.54) is 44.9 Å². The number of allylic oxidation sites excluding steroid dienone is 18. The second-order valence-corrected chi connectivity index (χ2v) is 15.5. The van der Waals surface area contributed by atoms with Gasteiger partial charge in [-0.05, 0) is 83.5 Å². The largest absolute Gasteiger partial charge is 0.462 e. The molecule has 0 aromatic rings. The first-order chi connectivity index (χ1) is 29.0. The number of esters is 1. The van der Waals surface area contributed by atoms with Crippen LogP contribution in [0.2, 0.25) is 0 Å². The van der Waals surface area contributed by atoms with Gasteiger partial charge >= 0.3 is 5.97 Å². The molecule has 6 heteroatoms. The zero-order valence-corrected chi connectivity index (χ0v) is 37.8. The summed E-state index contributed by atoms with van der Waals surface area (Å²) in [4.78, 5) is 26.0. The molecule has 3 atom stereocenters. The summed E-state index contributed by atoms with van der Waals surface area (Å²) in [5, 5.41) is 23.6. The maximum atomic E-state index is 13.1. The van der Waals surface area contributed by atoms with Crippen molar-refractivity contribution in [3.8, 4) is 0 Å². The molecule has 0 heterocycles. The van der Waals surface area contributed by atoms with E-state index in [9.17, 15) is 19.8 Å². The highest BCUT2D eigenvalue weighted by molar-refractivity contribution is 5.77. The number of unbranched alkanes of at least 4 members (excludes halogenated alkanes) is 13. The summed E-state index contributed by atoms with van der Waals surface area (Å²) in [6.07, 6.45) is 61.5. The second kappa shape index (κ2) is 45.6. The molecule has 0 aliphatic heterocycles. The van der Waals surface area contributed by atoms with Gasteiger partial charge in [-0.15, -0.1) is 0 Å². The molecule has 1 amide bonds. The number of aliphatic hydroxyl groups is 2. The first-order valence-electron chi connectivity index (χ1n) is 23.7. The van der Waals surface area contributed by atoms with E-state index in [0.717, 1.165) is 96.3 Å². The first-order valence-corrected chi connectivity index (χ1v) is 23.7. The summed E-state index contributed by atoms with van der Waals surface area (Å²) < 4.78 is 5.86. The van der Waals surface area contributed by atoms with Crippen LogP contribution < -0.4 is 5.32 Å². The van der Waals surface area contributed by atoms with Crippen molar-refractivity contribution in [1.29, 1.82) is 0 Å². The quantitative estimate of drug-likeness (QED) is 0.0248. The van der Waals surface area contributed by atoms with Crippen LogP contribution in [0, 0.1) is 0 Å². The van der Waals surface area contributed by atoms with Gasteiger partial charge in [0.05, 0.1) is 25.2 Å². The van der Waals surface area contributed by atoms with E-state index in [4.69, 9.17) is 4.74 Å². The third kappa shape index (κ3) is 41.1. The number of ether oxygens (including phenoxy) is 1. The number of aliphatic hydroxyl groups excluding tert-OH is 2. The van der Waals surface area contributed by atoms with Crippen LogP contribution in [0.5, 0.6) is 0 Å². The van der Waals surface area contributed by atoms with Crippen molar-refractivity contribution in [3.05, 3.63) is 109 Å². The van der Waals surface area contributed by atoms with Crippen molar-refractivity contribution >= 4 is 11.9 Å². The molecule has 3 unspecified atom stereocenters. The number of nitrogens with one attached hydrogen (secondary N) is 1. The number of rotatable bonds is 40. The maximum absolute atomic E-state index is 13.1. The fourth-order valence-corrected chi connectivity index (χ4v) is 6.41. The van der Waals surface area contributed by atoms with Crippen LogP contribution in [0.15, 0.2) is 109 Å². The molecule has 59 heavy (non-hydrogen) atoms. The molecular weight excluding hydrogens is 731 g/mol. The van der Waals surface area contributed by atoms with Crippen molar-refractivity contribution in [1.82, 2.24) is 5.32 Å². The normalized spacial score (nSPS) is 14.3. The molecule has 334 valence electrons. The van der Waals surface area contributed by atoms with Gasteiger partial charge in [0.15, 0.2) is 0 Å².